The van der Waals surface area contributed by atoms with Gasteiger partial charge in [0.15, 0.2) is 6.10 Å². The van der Waals surface area contributed by atoms with E-state index in [1.165, 1.54) is 12.4 Å². The summed E-state index contributed by atoms with van der Waals surface area (Å²) >= 11 is 0. The Morgan fingerprint density at radius 2 is 1.86 bits per heavy atom. The van der Waals surface area contributed by atoms with Gasteiger partial charge in [-0.3, -0.25) is 0 Å². The predicted octanol–water partition coefficient (Wildman–Crippen LogP) is 5.30. The molecule has 0 saturated carbocycles. The zero-order valence-electron chi connectivity index (χ0n) is 19.4. The van der Waals surface area contributed by atoms with Crippen LogP contribution in [0.15, 0.2) is 72.6 Å². The fourth-order valence-corrected chi connectivity index (χ4v) is 4.88. The number of benzene rings is 3. The molecule has 7 nitrogen and oxygen atoms in total. The number of anilines is 1. The summed E-state index contributed by atoms with van der Waals surface area (Å²) in [6.45, 7) is 2.03. The van der Waals surface area contributed by atoms with Crippen LogP contribution in [0.4, 0.5) is 10.3 Å². The molecular weight excluding hydrogens is 447 g/mol. The van der Waals surface area contributed by atoms with Crippen LogP contribution >= 0.6 is 0 Å². The Hall–Kier alpha value is -4.33. The van der Waals surface area contributed by atoms with Gasteiger partial charge < -0.3 is 19.5 Å². The van der Waals surface area contributed by atoms with Crippen molar-refractivity contribution in [3.8, 4) is 17.2 Å². The summed E-state index contributed by atoms with van der Waals surface area (Å²) in [4.78, 5) is 4.41. The van der Waals surface area contributed by atoms with Gasteiger partial charge in [-0.2, -0.15) is 10.1 Å². The maximum absolute atomic E-state index is 15.3. The van der Waals surface area contributed by atoms with E-state index < -0.39 is 12.1 Å². The predicted molar refractivity (Wildman–Crippen MR) is 129 cm³/mol. The summed E-state index contributed by atoms with van der Waals surface area (Å²) < 4.78 is 34.9. The van der Waals surface area contributed by atoms with E-state index in [1.54, 1.807) is 31.0 Å². The van der Waals surface area contributed by atoms with Crippen LogP contribution in [0.5, 0.6) is 17.2 Å². The Labute approximate surface area is 201 Å². The van der Waals surface area contributed by atoms with Crippen molar-refractivity contribution in [1.82, 2.24) is 14.8 Å². The largest absolute Gasteiger partial charge is 0.497 e. The van der Waals surface area contributed by atoms with Crippen molar-refractivity contribution in [3.63, 3.8) is 0 Å². The first-order valence-corrected chi connectivity index (χ1v) is 11.2. The van der Waals surface area contributed by atoms with Gasteiger partial charge in [0.05, 0.1) is 19.9 Å². The third-order valence-electron chi connectivity index (χ3n) is 6.49. The number of hydrogen-bond donors (Lipinski definition) is 1. The summed E-state index contributed by atoms with van der Waals surface area (Å²) in [6, 6.07) is 17.7. The molecule has 0 aliphatic carbocycles. The van der Waals surface area contributed by atoms with Crippen LogP contribution in [0, 0.1) is 12.7 Å². The number of hydrogen-bond acceptors (Lipinski definition) is 6. The smallest absolute Gasteiger partial charge is 0.226 e. The minimum absolute atomic E-state index is 0.334. The fraction of sp³-hybridized carbons (Fsp3) is 0.185. The van der Waals surface area contributed by atoms with Crippen LogP contribution in [-0.2, 0) is 0 Å². The lowest BCUT2D eigenvalue weighted by Crippen LogP contribution is -2.33. The summed E-state index contributed by atoms with van der Waals surface area (Å²) in [7, 11) is 3.23. The molecule has 0 bridgehead atoms. The van der Waals surface area contributed by atoms with E-state index in [1.807, 2.05) is 43.3 Å². The topological polar surface area (TPSA) is 70.4 Å². The van der Waals surface area contributed by atoms with Crippen LogP contribution < -0.4 is 19.5 Å². The highest BCUT2D eigenvalue weighted by Gasteiger charge is 2.42. The number of methoxy groups -OCH3 is 2. The highest BCUT2D eigenvalue weighted by molar-refractivity contribution is 5.85. The van der Waals surface area contributed by atoms with E-state index in [2.05, 4.69) is 21.5 Å². The van der Waals surface area contributed by atoms with Crippen molar-refractivity contribution < 1.29 is 18.6 Å². The lowest BCUT2D eigenvalue weighted by Gasteiger charge is -2.39. The fourth-order valence-electron chi connectivity index (χ4n) is 4.88. The van der Waals surface area contributed by atoms with E-state index in [0.29, 0.717) is 28.8 Å². The Kier molecular flexibility index (Phi) is 4.95. The van der Waals surface area contributed by atoms with Crippen LogP contribution in [0.1, 0.15) is 34.4 Å². The van der Waals surface area contributed by atoms with Crippen LogP contribution in [0.25, 0.3) is 5.70 Å². The lowest BCUT2D eigenvalue weighted by atomic mass is 9.84. The maximum Gasteiger partial charge on any atom is 0.226 e. The van der Waals surface area contributed by atoms with Crippen LogP contribution in [-0.4, -0.2) is 29.0 Å². The summed E-state index contributed by atoms with van der Waals surface area (Å²) in [6.07, 6.45) is 0.855. The quantitative estimate of drug-likeness (QED) is 0.436. The number of halogens is 1. The molecule has 2 aliphatic heterocycles. The van der Waals surface area contributed by atoms with Crippen molar-refractivity contribution in [2.45, 2.75) is 19.1 Å². The number of aromatic nitrogens is 3. The normalized spacial score (nSPS) is 18.1. The molecular formula is C27H23FN4O3. The third kappa shape index (κ3) is 3.32. The highest BCUT2D eigenvalue weighted by Crippen LogP contribution is 2.52. The minimum Gasteiger partial charge on any atom is -0.497 e. The molecule has 0 amide bonds. The standard InChI is InChI=1S/C27H23FN4O3/c1-15-8-10-22-18(12-15)24-23(26(35-22)19-13-16(33-2)9-11-21(19)34-3)25(17-6-4-5-7-20(17)28)32-27(31-24)29-14-30-32/h4-14,25-26H,1-3H3,(H,29,30,31)/t25-,26-/m1/s1. The number of nitrogens with zero attached hydrogens (tertiary/aromatic N) is 3. The molecule has 1 aromatic heterocycles. The van der Waals surface area contributed by atoms with Gasteiger partial charge in [0, 0.05) is 22.3 Å². The second-order valence-corrected chi connectivity index (χ2v) is 8.51. The van der Waals surface area contributed by atoms with Crippen LogP contribution in [0.2, 0.25) is 0 Å². The Morgan fingerprint density at radius 3 is 2.66 bits per heavy atom. The first kappa shape index (κ1) is 21.2. The van der Waals surface area contributed by atoms with E-state index in [4.69, 9.17) is 14.2 Å². The molecule has 0 saturated heterocycles. The molecule has 1 N–H and O–H groups in total. The minimum atomic E-state index is -0.611. The number of fused-ring (bicyclic) bond motifs is 3. The molecule has 0 unspecified atom stereocenters. The van der Waals surface area contributed by atoms with Crippen molar-refractivity contribution >= 4 is 11.6 Å². The summed E-state index contributed by atoms with van der Waals surface area (Å²) in [5.74, 6) is 2.20. The Balaban J connectivity index is 1.67. The molecule has 2 aliphatic rings. The summed E-state index contributed by atoms with van der Waals surface area (Å²) in [5.41, 5.74) is 4.81. The SMILES string of the molecule is COc1ccc(OC)c([C@H]2Oc3ccc(C)cc3C3=C2[C@@H](c2ccccc2F)n2ncnc2N3)c1. The third-order valence-corrected chi connectivity index (χ3v) is 6.49. The van der Waals surface area contributed by atoms with Gasteiger partial charge in [0.25, 0.3) is 0 Å². The Bertz CT molecular complexity index is 1480. The maximum atomic E-state index is 15.3. The molecule has 3 heterocycles. The summed E-state index contributed by atoms with van der Waals surface area (Å²) in [5, 5.41) is 7.90. The van der Waals surface area contributed by atoms with E-state index in [0.717, 1.165) is 28.0 Å². The van der Waals surface area contributed by atoms with Crippen LogP contribution in [0.3, 0.4) is 0 Å². The molecule has 0 radical (unpaired) electrons. The molecule has 0 fully saturated rings. The second-order valence-electron chi connectivity index (χ2n) is 8.51. The average molecular weight is 471 g/mol. The zero-order valence-corrected chi connectivity index (χ0v) is 19.4. The van der Waals surface area contributed by atoms with E-state index in [-0.39, 0.29) is 5.82 Å². The molecule has 6 rings (SSSR count). The molecule has 176 valence electrons. The molecule has 0 spiro atoms. The molecule has 35 heavy (non-hydrogen) atoms. The monoisotopic (exact) mass is 470 g/mol. The highest BCUT2D eigenvalue weighted by atomic mass is 19.1. The lowest BCUT2D eigenvalue weighted by molar-refractivity contribution is 0.216. The van der Waals surface area contributed by atoms with E-state index >= 15 is 4.39 Å². The number of nitrogens with one attached hydrogen (secondary N) is 1. The van der Waals surface area contributed by atoms with Gasteiger partial charge in [-0.15, -0.1) is 0 Å². The van der Waals surface area contributed by atoms with Gasteiger partial charge in [-0.05, 0) is 43.3 Å². The number of ether oxygens (including phenoxy) is 3. The van der Waals surface area contributed by atoms with Gasteiger partial charge in [0.1, 0.15) is 35.4 Å². The van der Waals surface area contributed by atoms with Gasteiger partial charge in [-0.1, -0.05) is 29.8 Å². The first-order valence-electron chi connectivity index (χ1n) is 11.2. The Morgan fingerprint density at radius 1 is 1.00 bits per heavy atom. The average Bonchev–Trinajstić information content (AvgIpc) is 3.35. The van der Waals surface area contributed by atoms with Crippen molar-refractivity contribution in [2.75, 3.05) is 19.5 Å². The van der Waals surface area contributed by atoms with Gasteiger partial charge >= 0.3 is 0 Å². The van der Waals surface area contributed by atoms with Gasteiger partial charge in [0.2, 0.25) is 5.95 Å². The van der Waals surface area contributed by atoms with Crippen molar-refractivity contribution in [1.29, 1.82) is 0 Å². The number of rotatable bonds is 4. The van der Waals surface area contributed by atoms with E-state index in [9.17, 15) is 0 Å². The molecule has 8 heteroatoms. The molecule has 4 aromatic rings. The van der Waals surface area contributed by atoms with Crippen molar-refractivity contribution in [2.24, 2.45) is 0 Å². The molecule has 2 atom stereocenters. The van der Waals surface area contributed by atoms with Gasteiger partial charge in [-0.25, -0.2) is 9.07 Å². The zero-order chi connectivity index (χ0) is 24.1. The molecule has 3 aromatic carbocycles. The first-order chi connectivity index (χ1) is 17.1. The second kappa shape index (κ2) is 8.16. The number of aryl methyl sites for hydroxylation is 1. The van der Waals surface area contributed by atoms with Crippen molar-refractivity contribution in [3.05, 3.63) is 101 Å².